The molecule has 4 rings (SSSR count). The lowest BCUT2D eigenvalue weighted by atomic mass is 9.85. The zero-order chi connectivity index (χ0) is 21.4. The molecule has 4 heteroatoms. The Kier molecular flexibility index (Phi) is 5.17. The van der Waals surface area contributed by atoms with Gasteiger partial charge in [0, 0.05) is 23.9 Å². The van der Waals surface area contributed by atoms with E-state index in [-0.39, 0.29) is 17.4 Å². The summed E-state index contributed by atoms with van der Waals surface area (Å²) in [6.07, 6.45) is 3.43. The molecule has 30 heavy (non-hydrogen) atoms. The van der Waals surface area contributed by atoms with Gasteiger partial charge in [-0.2, -0.15) is 0 Å². The van der Waals surface area contributed by atoms with Crippen LogP contribution >= 0.6 is 0 Å². The van der Waals surface area contributed by atoms with E-state index in [1.54, 1.807) is 18.3 Å². The highest BCUT2D eigenvalue weighted by atomic mass is 19.1. The molecule has 0 amide bonds. The molecule has 0 N–H and O–H groups in total. The van der Waals surface area contributed by atoms with Crippen LogP contribution in [0.1, 0.15) is 33.9 Å². The summed E-state index contributed by atoms with van der Waals surface area (Å²) < 4.78 is 13.2. The first-order valence-corrected chi connectivity index (χ1v) is 9.90. The van der Waals surface area contributed by atoms with Gasteiger partial charge in [-0.3, -0.25) is 14.6 Å². The van der Waals surface area contributed by atoms with Crippen LogP contribution in [0.2, 0.25) is 0 Å². The van der Waals surface area contributed by atoms with Gasteiger partial charge in [0.05, 0.1) is 0 Å². The second-order valence-corrected chi connectivity index (χ2v) is 7.90. The number of allylic oxidation sites excluding steroid dienone is 2. The van der Waals surface area contributed by atoms with Crippen molar-refractivity contribution < 1.29 is 14.0 Å². The molecule has 0 spiro atoms. The third-order valence-electron chi connectivity index (χ3n) is 5.57. The van der Waals surface area contributed by atoms with E-state index in [1.165, 1.54) is 18.2 Å². The van der Waals surface area contributed by atoms with Gasteiger partial charge in [0.2, 0.25) is 0 Å². The highest BCUT2D eigenvalue weighted by Crippen LogP contribution is 2.34. The number of carbonyl (C=O) groups is 2. The lowest BCUT2D eigenvalue weighted by Gasteiger charge is -2.16. The van der Waals surface area contributed by atoms with E-state index >= 15 is 0 Å². The predicted octanol–water partition coefficient (Wildman–Crippen LogP) is 5.22. The van der Waals surface area contributed by atoms with E-state index in [4.69, 9.17) is 0 Å². The number of carbonyl (C=O) groups excluding carboxylic acids is 2. The maximum Gasteiger partial charge on any atom is 0.174 e. The minimum atomic E-state index is -0.763. The lowest BCUT2D eigenvalue weighted by molar-refractivity contribution is -0.122. The average Bonchev–Trinajstić information content (AvgIpc) is 2.96. The second kappa shape index (κ2) is 7.79. The van der Waals surface area contributed by atoms with Gasteiger partial charge in [-0.15, -0.1) is 0 Å². The van der Waals surface area contributed by atoms with Crippen molar-refractivity contribution in [3.8, 4) is 11.1 Å². The summed E-state index contributed by atoms with van der Waals surface area (Å²) in [5.74, 6) is -1.37. The molecule has 1 aliphatic rings. The molecular weight excluding hydrogens is 377 g/mol. The van der Waals surface area contributed by atoms with Gasteiger partial charge < -0.3 is 0 Å². The predicted molar refractivity (Wildman–Crippen MR) is 115 cm³/mol. The summed E-state index contributed by atoms with van der Waals surface area (Å²) in [6.45, 7) is 5.90. The van der Waals surface area contributed by atoms with E-state index in [0.29, 0.717) is 17.7 Å². The van der Waals surface area contributed by atoms with Crippen LogP contribution in [0.25, 0.3) is 11.1 Å². The maximum atomic E-state index is 13.2. The Morgan fingerprint density at radius 3 is 2.23 bits per heavy atom. The zero-order valence-corrected chi connectivity index (χ0v) is 17.2. The Bertz CT molecular complexity index is 1170. The molecule has 0 radical (unpaired) electrons. The summed E-state index contributed by atoms with van der Waals surface area (Å²) in [6, 6.07) is 14.0. The number of nitrogens with zero attached hydrogens (tertiary/aromatic N) is 1. The summed E-state index contributed by atoms with van der Waals surface area (Å²) in [5, 5.41) is 0. The average molecular weight is 399 g/mol. The fourth-order valence-electron chi connectivity index (χ4n) is 4.29. The van der Waals surface area contributed by atoms with Gasteiger partial charge in [-0.25, -0.2) is 4.39 Å². The molecule has 1 heterocycles. The van der Waals surface area contributed by atoms with Crippen LogP contribution in [0.4, 0.5) is 4.39 Å². The topological polar surface area (TPSA) is 47.0 Å². The van der Waals surface area contributed by atoms with Crippen LogP contribution in [0.3, 0.4) is 0 Å². The summed E-state index contributed by atoms with van der Waals surface area (Å²) >= 11 is 0. The van der Waals surface area contributed by atoms with Gasteiger partial charge in [0.15, 0.2) is 11.6 Å². The molecule has 0 saturated heterocycles. The Morgan fingerprint density at radius 2 is 1.57 bits per heavy atom. The Labute approximate surface area is 175 Å². The van der Waals surface area contributed by atoms with Crippen molar-refractivity contribution in [3.05, 3.63) is 100 Å². The fraction of sp³-hybridized carbons (Fsp3) is 0.192. The molecule has 1 unspecified atom stereocenters. The quantitative estimate of drug-likeness (QED) is 0.565. The normalized spacial score (nSPS) is 16.1. The zero-order valence-electron chi connectivity index (χ0n) is 17.2. The Morgan fingerprint density at radius 1 is 0.900 bits per heavy atom. The SMILES string of the molecule is Cc1cc(C)c(C2C(=O)C=C(Cc3cc(-c4ccc(F)cc4)ccn3)C2=O)c(C)c1. The molecule has 1 aliphatic carbocycles. The van der Waals surface area contributed by atoms with Crippen LogP contribution in [0, 0.1) is 26.6 Å². The number of halogens is 1. The number of benzene rings is 2. The van der Waals surface area contributed by atoms with E-state index in [0.717, 1.165) is 33.4 Å². The molecule has 2 aromatic carbocycles. The Balaban J connectivity index is 1.60. The van der Waals surface area contributed by atoms with Crippen LogP contribution < -0.4 is 0 Å². The molecule has 1 atom stereocenters. The summed E-state index contributed by atoms with van der Waals surface area (Å²) in [4.78, 5) is 30.3. The number of pyridine rings is 1. The number of Topliss-reactive ketones (excluding diaryl/α,β-unsaturated/α-hetero) is 1. The molecule has 3 aromatic rings. The van der Waals surface area contributed by atoms with Gasteiger partial charge in [-0.05, 0) is 78.9 Å². The molecule has 150 valence electrons. The minimum absolute atomic E-state index is 0.149. The van der Waals surface area contributed by atoms with Gasteiger partial charge >= 0.3 is 0 Å². The number of hydrogen-bond donors (Lipinski definition) is 0. The minimum Gasteiger partial charge on any atom is -0.294 e. The highest BCUT2D eigenvalue weighted by Gasteiger charge is 2.37. The van der Waals surface area contributed by atoms with Crippen molar-refractivity contribution in [2.24, 2.45) is 0 Å². The van der Waals surface area contributed by atoms with Gasteiger partial charge in [0.25, 0.3) is 0 Å². The first kappa shape index (κ1) is 19.9. The number of rotatable bonds is 4. The first-order valence-electron chi connectivity index (χ1n) is 9.90. The standard InChI is InChI=1S/C26H22FNO2/c1-15-10-16(2)24(17(3)11-15)25-23(29)14-20(26(25)30)13-22-12-19(8-9-28-22)18-4-6-21(27)7-5-18/h4-12,14,25H,13H2,1-3H3. The van der Waals surface area contributed by atoms with E-state index < -0.39 is 5.92 Å². The van der Waals surface area contributed by atoms with Crippen LogP contribution in [-0.4, -0.2) is 16.6 Å². The third-order valence-corrected chi connectivity index (χ3v) is 5.57. The molecule has 0 saturated carbocycles. The van der Waals surface area contributed by atoms with E-state index in [1.807, 2.05) is 45.0 Å². The maximum absolute atomic E-state index is 13.2. The fourth-order valence-corrected chi connectivity index (χ4v) is 4.29. The van der Waals surface area contributed by atoms with Crippen molar-refractivity contribution in [1.29, 1.82) is 0 Å². The first-order chi connectivity index (χ1) is 14.3. The molecule has 0 aliphatic heterocycles. The summed E-state index contributed by atoms with van der Waals surface area (Å²) in [5.41, 5.74) is 6.79. The molecule has 1 aromatic heterocycles. The third kappa shape index (κ3) is 3.73. The van der Waals surface area contributed by atoms with Crippen LogP contribution in [0.5, 0.6) is 0 Å². The second-order valence-electron chi connectivity index (χ2n) is 7.90. The number of aryl methyl sites for hydroxylation is 3. The smallest absolute Gasteiger partial charge is 0.174 e. The molecule has 0 bridgehead atoms. The van der Waals surface area contributed by atoms with Crippen LogP contribution in [-0.2, 0) is 16.0 Å². The van der Waals surface area contributed by atoms with Crippen molar-refractivity contribution in [2.75, 3.05) is 0 Å². The monoisotopic (exact) mass is 399 g/mol. The van der Waals surface area contributed by atoms with E-state index in [9.17, 15) is 14.0 Å². The summed E-state index contributed by atoms with van der Waals surface area (Å²) in [7, 11) is 0. The Hall–Kier alpha value is -3.40. The number of ketones is 2. The van der Waals surface area contributed by atoms with Gasteiger partial charge in [-0.1, -0.05) is 29.8 Å². The molecular formula is C26H22FNO2. The largest absolute Gasteiger partial charge is 0.294 e. The van der Waals surface area contributed by atoms with E-state index in [2.05, 4.69) is 4.98 Å². The number of aromatic nitrogens is 1. The van der Waals surface area contributed by atoms with Crippen molar-refractivity contribution >= 4 is 11.6 Å². The van der Waals surface area contributed by atoms with Crippen molar-refractivity contribution in [3.63, 3.8) is 0 Å². The molecule has 3 nitrogen and oxygen atoms in total. The highest BCUT2D eigenvalue weighted by molar-refractivity contribution is 6.25. The lowest BCUT2D eigenvalue weighted by Crippen LogP contribution is -2.18. The van der Waals surface area contributed by atoms with Crippen molar-refractivity contribution in [1.82, 2.24) is 4.98 Å². The molecule has 0 fully saturated rings. The van der Waals surface area contributed by atoms with Gasteiger partial charge in [0.1, 0.15) is 11.7 Å². The van der Waals surface area contributed by atoms with Crippen LogP contribution in [0.15, 0.2) is 66.4 Å². The van der Waals surface area contributed by atoms with Crippen molar-refractivity contribution in [2.45, 2.75) is 33.1 Å². The number of hydrogen-bond acceptors (Lipinski definition) is 3.